The monoisotopic (exact) mass is 1010 g/mol. The molecule has 0 spiro atoms. The fourth-order valence-corrected chi connectivity index (χ4v) is 10.5. The molecule has 13 aromatic rings. The molecule has 0 amide bonds. The van der Waals surface area contributed by atoms with E-state index in [1.807, 2.05) is 19.9 Å². The summed E-state index contributed by atoms with van der Waals surface area (Å²) in [5.41, 5.74) is 13.8. The molecular formula is C72H57Y-. The van der Waals surface area contributed by atoms with Crippen LogP contribution in [0.1, 0.15) is 40.2 Å². The number of rotatable bonds is 5. The van der Waals surface area contributed by atoms with Crippen molar-refractivity contribution >= 4 is 64.6 Å². The van der Waals surface area contributed by atoms with Gasteiger partial charge in [0, 0.05) is 32.7 Å². The molecule has 1 radical (unpaired) electrons. The van der Waals surface area contributed by atoms with Crippen molar-refractivity contribution in [1.29, 1.82) is 0 Å². The van der Waals surface area contributed by atoms with E-state index in [4.69, 9.17) is 0 Å². The normalized spacial score (nSPS) is 11.2. The molecule has 0 heterocycles. The average molecular weight is 1010 g/mol. The van der Waals surface area contributed by atoms with Crippen molar-refractivity contribution in [1.82, 2.24) is 0 Å². The van der Waals surface area contributed by atoms with E-state index in [2.05, 4.69) is 276 Å². The van der Waals surface area contributed by atoms with Crippen LogP contribution in [0.15, 0.2) is 255 Å². The maximum absolute atomic E-state index is 3.30. The first-order valence-electron chi connectivity index (χ1n) is 25.4. The van der Waals surface area contributed by atoms with Gasteiger partial charge in [0.15, 0.2) is 0 Å². The largest absolute Gasteiger partial charge is 0.183 e. The summed E-state index contributed by atoms with van der Waals surface area (Å²) in [6.07, 6.45) is 0. The molecule has 0 saturated carbocycles. The van der Waals surface area contributed by atoms with Gasteiger partial charge in [-0.1, -0.05) is 246 Å². The van der Waals surface area contributed by atoms with Gasteiger partial charge in [0.25, 0.3) is 0 Å². The molecule has 0 bridgehead atoms. The molecule has 73 heavy (non-hydrogen) atoms. The maximum Gasteiger partial charge on any atom is 0 e. The maximum atomic E-state index is 3.30. The Kier molecular flexibility index (Phi) is 14.3. The Morgan fingerprint density at radius 2 is 0.548 bits per heavy atom. The van der Waals surface area contributed by atoms with Crippen molar-refractivity contribution in [3.05, 3.63) is 266 Å². The van der Waals surface area contributed by atoms with E-state index < -0.39 is 0 Å². The Balaban J connectivity index is 0.000000160. The van der Waals surface area contributed by atoms with Gasteiger partial charge in [0.05, 0.1) is 0 Å². The van der Waals surface area contributed by atoms with Gasteiger partial charge in [-0.3, -0.25) is 0 Å². The van der Waals surface area contributed by atoms with Crippen LogP contribution < -0.4 is 0 Å². The summed E-state index contributed by atoms with van der Waals surface area (Å²) >= 11 is 0. The Morgan fingerprint density at radius 1 is 0.247 bits per heavy atom. The molecule has 0 N–H and O–H groups in total. The van der Waals surface area contributed by atoms with Crippen LogP contribution in [0.4, 0.5) is 0 Å². The molecule has 1 heteroatoms. The van der Waals surface area contributed by atoms with Gasteiger partial charge in [0.2, 0.25) is 0 Å². The van der Waals surface area contributed by atoms with Crippen molar-refractivity contribution in [3.63, 3.8) is 0 Å². The van der Waals surface area contributed by atoms with Crippen molar-refractivity contribution in [2.24, 2.45) is 0 Å². The van der Waals surface area contributed by atoms with Crippen LogP contribution in [0.3, 0.4) is 0 Å². The summed E-state index contributed by atoms with van der Waals surface area (Å²) in [4.78, 5) is 0. The van der Waals surface area contributed by atoms with E-state index >= 15 is 0 Å². The summed E-state index contributed by atoms with van der Waals surface area (Å²) in [6, 6.07) is 95.8. The van der Waals surface area contributed by atoms with Gasteiger partial charge < -0.3 is 0 Å². The van der Waals surface area contributed by atoms with Gasteiger partial charge in [-0.05, 0) is 145 Å². The summed E-state index contributed by atoms with van der Waals surface area (Å²) < 4.78 is 0. The molecule has 0 fully saturated rings. The molecule has 0 aliphatic rings. The van der Waals surface area contributed by atoms with Crippen LogP contribution >= 0.6 is 0 Å². The molecule has 13 aromatic carbocycles. The number of benzene rings is 13. The molecule has 349 valence electrons. The van der Waals surface area contributed by atoms with Gasteiger partial charge in [-0.2, -0.15) is 24.3 Å². The van der Waals surface area contributed by atoms with E-state index in [0.717, 1.165) is 0 Å². The molecule has 0 saturated heterocycles. The minimum absolute atomic E-state index is 0. The van der Waals surface area contributed by atoms with Gasteiger partial charge >= 0.3 is 0 Å². The minimum atomic E-state index is 0. The second kappa shape index (κ2) is 21.3. The van der Waals surface area contributed by atoms with Gasteiger partial charge in [0.1, 0.15) is 0 Å². The fraction of sp³-hybridized carbons (Fsp3) is 0.0833. The molecular weight excluding hydrogens is 954 g/mol. The smallest absolute Gasteiger partial charge is 0 e. The third-order valence-electron chi connectivity index (χ3n) is 14.2. The zero-order valence-electron chi connectivity index (χ0n) is 42.3. The zero-order chi connectivity index (χ0) is 49.2. The molecule has 0 aromatic heterocycles. The average Bonchev–Trinajstić information content (AvgIpc) is 3.46. The third-order valence-corrected chi connectivity index (χ3v) is 14.2. The standard InChI is InChI=1S/C36H23.C34H28.C2H6.Y/c1-2-10-25(11-3-1)26-12-8-13-27(22-26)28-14-9-15-29(23-28)30-20-21-35-33-18-5-4-16-31(33)32-17-6-7-19-34(32)36(35)24-30;1-34(2,3)27-17-19-31-29-15-8-7-14-28(29)30-18-16-26(21-32(30)33(31)22-27)25-13-9-12-24(20-25)23-10-5-4-6-11-23;1-2;/h1-6,8-24H;4-22H,1-3H3;1-2H3;/q-1;;;. The summed E-state index contributed by atoms with van der Waals surface area (Å²) in [5.74, 6) is 0. The van der Waals surface area contributed by atoms with Crippen molar-refractivity contribution in [3.8, 4) is 55.6 Å². The van der Waals surface area contributed by atoms with Crippen LogP contribution in [0.2, 0.25) is 0 Å². The topological polar surface area (TPSA) is 0 Å². The van der Waals surface area contributed by atoms with E-state index in [1.165, 1.54) is 126 Å². The molecule has 0 aliphatic carbocycles. The first-order chi connectivity index (χ1) is 35.3. The van der Waals surface area contributed by atoms with Crippen LogP contribution in [-0.2, 0) is 38.1 Å². The predicted molar refractivity (Wildman–Crippen MR) is 314 cm³/mol. The number of hydrogen-bond acceptors (Lipinski definition) is 0. The van der Waals surface area contributed by atoms with Crippen molar-refractivity contribution in [2.75, 3.05) is 0 Å². The second-order valence-electron chi connectivity index (χ2n) is 19.6. The predicted octanol–water partition coefficient (Wildman–Crippen LogP) is 20.7. The van der Waals surface area contributed by atoms with E-state index in [-0.39, 0.29) is 38.1 Å². The van der Waals surface area contributed by atoms with Crippen LogP contribution in [-0.4, -0.2) is 0 Å². The Morgan fingerprint density at radius 3 is 0.959 bits per heavy atom. The minimum Gasteiger partial charge on any atom is -0.183 e. The van der Waals surface area contributed by atoms with E-state index in [1.54, 1.807) is 0 Å². The molecule has 0 unspecified atom stereocenters. The van der Waals surface area contributed by atoms with Crippen LogP contribution in [0.5, 0.6) is 0 Å². The van der Waals surface area contributed by atoms with Gasteiger partial charge in [-0.15, -0.1) is 10.8 Å². The molecule has 0 aliphatic heterocycles. The number of fused-ring (bicyclic) bond motifs is 12. The Labute approximate surface area is 455 Å². The molecule has 0 nitrogen and oxygen atoms in total. The Bertz CT molecular complexity index is 4050. The zero-order valence-corrected chi connectivity index (χ0v) is 45.2. The van der Waals surface area contributed by atoms with Crippen molar-refractivity contribution < 1.29 is 32.7 Å². The number of hydrogen-bond donors (Lipinski definition) is 0. The van der Waals surface area contributed by atoms with Crippen molar-refractivity contribution in [2.45, 2.75) is 40.0 Å². The third kappa shape index (κ3) is 9.79. The second-order valence-corrected chi connectivity index (χ2v) is 19.6. The summed E-state index contributed by atoms with van der Waals surface area (Å²) in [5, 5.41) is 15.6. The van der Waals surface area contributed by atoms with Crippen LogP contribution in [0.25, 0.3) is 120 Å². The van der Waals surface area contributed by atoms with E-state index in [0.29, 0.717) is 0 Å². The quantitative estimate of drug-likeness (QED) is 0.119. The van der Waals surface area contributed by atoms with Gasteiger partial charge in [-0.25, -0.2) is 0 Å². The fourth-order valence-electron chi connectivity index (χ4n) is 10.5. The van der Waals surface area contributed by atoms with Crippen LogP contribution in [0, 0.1) is 6.07 Å². The Hall–Kier alpha value is -7.48. The first-order valence-corrected chi connectivity index (χ1v) is 25.4. The molecule has 13 rings (SSSR count). The first kappa shape index (κ1) is 49.1. The SMILES string of the molecule is CC.CC(C)(C)c1ccc2c3ccccc3c3ccc(-c4cccc(-c5ccccc5)c4)cc3c2c1.[Y].[c-]1ccc2c(c1)c1cc(-c3cccc(-c4cccc(-c5ccccc5)c4)c3)ccc1c1ccccc21. The van der Waals surface area contributed by atoms with E-state index in [9.17, 15) is 0 Å². The summed E-state index contributed by atoms with van der Waals surface area (Å²) in [6.45, 7) is 10.9. The summed E-state index contributed by atoms with van der Waals surface area (Å²) in [7, 11) is 0. The molecule has 0 atom stereocenters.